The molecule has 1 heterocycles. The average Bonchev–Trinajstić information content (AvgIpc) is 2.62. The summed E-state index contributed by atoms with van der Waals surface area (Å²) in [4.78, 5) is 11.7. The number of fused-ring (bicyclic) bond motifs is 1. The van der Waals surface area contributed by atoms with Crippen molar-refractivity contribution in [2.75, 3.05) is 11.9 Å². The van der Waals surface area contributed by atoms with Gasteiger partial charge >= 0.3 is 6.09 Å². The highest BCUT2D eigenvalue weighted by Gasteiger charge is 2.19. The Labute approximate surface area is 115 Å². The first-order valence-corrected chi connectivity index (χ1v) is 6.60. The number of halogens is 1. The summed E-state index contributed by atoms with van der Waals surface area (Å²) in [6.45, 7) is 6.17. The SMILES string of the molecule is CC(C)(C)OC(=O)Nc1cc(Br)c2c(c1)OCC2. The molecule has 18 heavy (non-hydrogen) atoms. The van der Waals surface area contributed by atoms with Crippen molar-refractivity contribution in [1.82, 2.24) is 0 Å². The Bertz CT molecular complexity index is 480. The number of hydrogen-bond acceptors (Lipinski definition) is 3. The Morgan fingerprint density at radius 1 is 1.44 bits per heavy atom. The summed E-state index contributed by atoms with van der Waals surface area (Å²) in [6.07, 6.45) is 0.426. The zero-order valence-electron chi connectivity index (χ0n) is 10.7. The lowest BCUT2D eigenvalue weighted by Gasteiger charge is -2.19. The van der Waals surface area contributed by atoms with Crippen molar-refractivity contribution >= 4 is 27.7 Å². The van der Waals surface area contributed by atoms with E-state index in [2.05, 4.69) is 21.2 Å². The average molecular weight is 314 g/mol. The second-order valence-electron chi connectivity index (χ2n) is 5.16. The van der Waals surface area contributed by atoms with Crippen molar-refractivity contribution in [3.63, 3.8) is 0 Å². The third-order valence-electron chi connectivity index (χ3n) is 2.41. The second kappa shape index (κ2) is 4.80. The van der Waals surface area contributed by atoms with Crippen molar-refractivity contribution in [2.24, 2.45) is 0 Å². The fraction of sp³-hybridized carbons (Fsp3) is 0.462. The molecule has 1 aliphatic rings. The number of ether oxygens (including phenoxy) is 2. The molecule has 0 saturated carbocycles. The maximum atomic E-state index is 11.7. The number of amides is 1. The van der Waals surface area contributed by atoms with Gasteiger partial charge in [0.05, 0.1) is 6.61 Å². The van der Waals surface area contributed by atoms with Gasteiger partial charge in [0.2, 0.25) is 0 Å². The maximum absolute atomic E-state index is 11.7. The fourth-order valence-corrected chi connectivity index (χ4v) is 2.38. The predicted octanol–water partition coefficient (Wildman–Crippen LogP) is 3.73. The number of benzene rings is 1. The van der Waals surface area contributed by atoms with E-state index in [1.807, 2.05) is 32.9 Å². The van der Waals surface area contributed by atoms with Crippen LogP contribution in [-0.2, 0) is 11.2 Å². The molecule has 1 amide bonds. The van der Waals surface area contributed by atoms with Crippen LogP contribution in [0.5, 0.6) is 5.75 Å². The molecule has 0 fully saturated rings. The van der Waals surface area contributed by atoms with E-state index >= 15 is 0 Å². The monoisotopic (exact) mass is 313 g/mol. The molecule has 1 aliphatic heterocycles. The summed E-state index contributed by atoms with van der Waals surface area (Å²) in [5.74, 6) is 0.815. The lowest BCUT2D eigenvalue weighted by molar-refractivity contribution is 0.0636. The lowest BCUT2D eigenvalue weighted by Crippen LogP contribution is -2.27. The second-order valence-corrected chi connectivity index (χ2v) is 6.01. The Kier molecular flexibility index (Phi) is 3.52. The molecule has 2 rings (SSSR count). The lowest BCUT2D eigenvalue weighted by atomic mass is 10.1. The van der Waals surface area contributed by atoms with Crippen LogP contribution >= 0.6 is 15.9 Å². The first-order valence-electron chi connectivity index (χ1n) is 5.80. The quantitative estimate of drug-likeness (QED) is 0.859. The zero-order valence-corrected chi connectivity index (χ0v) is 12.3. The van der Waals surface area contributed by atoms with Gasteiger partial charge in [-0.2, -0.15) is 0 Å². The molecule has 1 aromatic rings. The summed E-state index contributed by atoms with van der Waals surface area (Å²) in [5.41, 5.74) is 1.30. The summed E-state index contributed by atoms with van der Waals surface area (Å²) in [7, 11) is 0. The van der Waals surface area contributed by atoms with E-state index in [0.29, 0.717) is 12.3 Å². The normalized spacial score (nSPS) is 13.8. The van der Waals surface area contributed by atoms with E-state index in [1.54, 1.807) is 0 Å². The van der Waals surface area contributed by atoms with Crippen LogP contribution in [0.15, 0.2) is 16.6 Å². The van der Waals surface area contributed by atoms with Crippen molar-refractivity contribution in [2.45, 2.75) is 32.8 Å². The largest absolute Gasteiger partial charge is 0.493 e. The van der Waals surface area contributed by atoms with Gasteiger partial charge < -0.3 is 9.47 Å². The van der Waals surface area contributed by atoms with Gasteiger partial charge in [0.25, 0.3) is 0 Å². The topological polar surface area (TPSA) is 47.6 Å². The predicted molar refractivity (Wildman–Crippen MR) is 73.2 cm³/mol. The molecule has 1 aromatic carbocycles. The Morgan fingerprint density at radius 2 is 2.17 bits per heavy atom. The number of nitrogens with one attached hydrogen (secondary N) is 1. The van der Waals surface area contributed by atoms with E-state index in [-0.39, 0.29) is 0 Å². The summed E-state index contributed by atoms with van der Waals surface area (Å²) < 4.78 is 11.6. The number of anilines is 1. The molecular formula is C13H16BrNO3. The minimum absolute atomic E-state index is 0.465. The first-order chi connectivity index (χ1) is 8.35. The van der Waals surface area contributed by atoms with E-state index in [9.17, 15) is 4.79 Å². The van der Waals surface area contributed by atoms with E-state index < -0.39 is 11.7 Å². The van der Waals surface area contributed by atoms with E-state index in [0.717, 1.165) is 22.2 Å². The minimum atomic E-state index is -0.505. The number of rotatable bonds is 1. The van der Waals surface area contributed by atoms with Gasteiger partial charge in [-0.05, 0) is 26.8 Å². The van der Waals surface area contributed by atoms with Gasteiger partial charge in [-0.1, -0.05) is 15.9 Å². The van der Waals surface area contributed by atoms with E-state index in [4.69, 9.17) is 9.47 Å². The first kappa shape index (κ1) is 13.2. The van der Waals surface area contributed by atoms with Crippen LogP contribution in [0.25, 0.3) is 0 Å². The molecule has 0 bridgehead atoms. The Balaban J connectivity index is 2.11. The Morgan fingerprint density at radius 3 is 2.83 bits per heavy atom. The summed E-state index contributed by atoms with van der Waals surface area (Å²) in [5, 5.41) is 2.70. The molecule has 0 saturated heterocycles. The maximum Gasteiger partial charge on any atom is 0.412 e. The van der Waals surface area contributed by atoms with Crippen molar-refractivity contribution in [3.8, 4) is 5.75 Å². The molecule has 1 N–H and O–H groups in total. The molecule has 5 heteroatoms. The highest BCUT2D eigenvalue weighted by atomic mass is 79.9. The highest BCUT2D eigenvalue weighted by molar-refractivity contribution is 9.10. The van der Waals surface area contributed by atoms with Gasteiger partial charge in [-0.25, -0.2) is 4.79 Å². The van der Waals surface area contributed by atoms with Crippen LogP contribution in [0.2, 0.25) is 0 Å². The standard InChI is InChI=1S/C13H16BrNO3/c1-13(2,3)18-12(16)15-8-6-10(14)9-4-5-17-11(9)7-8/h6-7H,4-5H2,1-3H3,(H,15,16). The molecule has 98 valence electrons. The van der Waals surface area contributed by atoms with Crippen LogP contribution < -0.4 is 10.1 Å². The molecule has 0 unspecified atom stereocenters. The molecule has 0 aromatic heterocycles. The fourth-order valence-electron chi connectivity index (χ4n) is 1.74. The third-order valence-corrected chi connectivity index (χ3v) is 3.12. The van der Waals surface area contributed by atoms with Gasteiger partial charge in [-0.15, -0.1) is 0 Å². The highest BCUT2D eigenvalue weighted by Crippen LogP contribution is 2.35. The van der Waals surface area contributed by atoms with Crippen molar-refractivity contribution in [3.05, 3.63) is 22.2 Å². The van der Waals surface area contributed by atoms with Crippen LogP contribution in [0, 0.1) is 0 Å². The molecule has 4 nitrogen and oxygen atoms in total. The Hall–Kier alpha value is -1.23. The minimum Gasteiger partial charge on any atom is -0.493 e. The van der Waals surface area contributed by atoms with Crippen molar-refractivity contribution in [1.29, 1.82) is 0 Å². The zero-order chi connectivity index (χ0) is 13.3. The van der Waals surface area contributed by atoms with E-state index in [1.165, 1.54) is 0 Å². The van der Waals surface area contributed by atoms with Gasteiger partial charge in [0.15, 0.2) is 0 Å². The smallest absolute Gasteiger partial charge is 0.412 e. The number of carbonyl (C=O) groups excluding carboxylic acids is 1. The van der Waals surface area contributed by atoms with Gasteiger partial charge in [0, 0.05) is 28.2 Å². The van der Waals surface area contributed by atoms with Crippen LogP contribution in [0.3, 0.4) is 0 Å². The van der Waals surface area contributed by atoms with Gasteiger partial charge in [-0.3, -0.25) is 5.32 Å². The van der Waals surface area contributed by atoms with Gasteiger partial charge in [0.1, 0.15) is 11.4 Å². The third kappa shape index (κ3) is 3.16. The summed E-state index contributed by atoms with van der Waals surface area (Å²) in [6, 6.07) is 3.68. The van der Waals surface area contributed by atoms with Crippen LogP contribution in [0.4, 0.5) is 10.5 Å². The molecule has 0 spiro atoms. The molecule has 0 radical (unpaired) electrons. The molecular weight excluding hydrogens is 298 g/mol. The molecule has 0 atom stereocenters. The van der Waals surface area contributed by atoms with Crippen molar-refractivity contribution < 1.29 is 14.3 Å². The molecule has 0 aliphatic carbocycles. The number of carbonyl (C=O) groups is 1. The number of hydrogen-bond donors (Lipinski definition) is 1. The summed E-state index contributed by atoms with van der Waals surface area (Å²) >= 11 is 3.48. The van der Waals surface area contributed by atoms with Crippen LogP contribution in [-0.4, -0.2) is 18.3 Å². The van der Waals surface area contributed by atoms with Crippen LogP contribution in [0.1, 0.15) is 26.3 Å².